The van der Waals surface area contributed by atoms with Crippen molar-refractivity contribution in [3.8, 4) is 0 Å². The van der Waals surface area contributed by atoms with E-state index in [1.807, 2.05) is 0 Å². The fraction of sp³-hybridized carbons (Fsp3) is 0.417. The Hall–Kier alpha value is -1.96. The van der Waals surface area contributed by atoms with Crippen LogP contribution in [0.25, 0.3) is 0 Å². The van der Waals surface area contributed by atoms with Gasteiger partial charge in [0.05, 0.1) is 26.1 Å². The molecule has 0 fully saturated rings. The summed E-state index contributed by atoms with van der Waals surface area (Å²) in [5.41, 5.74) is 0.834. The van der Waals surface area contributed by atoms with Crippen molar-refractivity contribution in [1.29, 1.82) is 0 Å². The van der Waals surface area contributed by atoms with Gasteiger partial charge < -0.3 is 4.74 Å². The molecule has 1 aromatic carbocycles. The lowest BCUT2D eigenvalue weighted by Gasteiger charge is -2.07. The Morgan fingerprint density at radius 3 is 2.60 bits per heavy atom. The van der Waals surface area contributed by atoms with Crippen molar-refractivity contribution in [3.63, 3.8) is 0 Å². The molecule has 1 unspecified atom stereocenters. The minimum Gasteiger partial charge on any atom is -0.448 e. The van der Waals surface area contributed by atoms with Gasteiger partial charge in [0.25, 0.3) is 4.92 Å². The predicted molar refractivity (Wildman–Crippen MR) is 73.3 cm³/mol. The topological polar surface area (TPSA) is 85.0 Å². The zero-order chi connectivity index (χ0) is 15.3. The van der Waals surface area contributed by atoms with E-state index >= 15 is 0 Å². The lowest BCUT2D eigenvalue weighted by atomic mass is 10.2. The maximum absolute atomic E-state index is 12.5. The quantitative estimate of drug-likeness (QED) is 0.798. The van der Waals surface area contributed by atoms with Crippen LogP contribution >= 0.6 is 0 Å². The van der Waals surface area contributed by atoms with Crippen LogP contribution in [0.4, 0.5) is 10.5 Å². The molecule has 110 valence electrons. The molecule has 0 aliphatic heterocycles. The van der Waals surface area contributed by atoms with Gasteiger partial charge in [-0.05, 0) is 25.5 Å². The van der Waals surface area contributed by atoms with E-state index < -0.39 is 15.8 Å². The van der Waals surface area contributed by atoms with Crippen molar-refractivity contribution in [2.75, 3.05) is 20.0 Å². The van der Waals surface area contributed by atoms with E-state index in [1.54, 1.807) is 13.8 Å². The fourth-order valence-electron chi connectivity index (χ4n) is 1.62. The van der Waals surface area contributed by atoms with E-state index in [1.165, 1.54) is 31.6 Å². The van der Waals surface area contributed by atoms with Crippen molar-refractivity contribution in [2.45, 2.75) is 18.7 Å². The lowest BCUT2D eigenvalue weighted by molar-refractivity contribution is -0.736. The average molecular weight is 301 g/mol. The molecule has 8 heteroatoms. The first-order valence-electron chi connectivity index (χ1n) is 5.82. The molecule has 0 aliphatic rings. The maximum atomic E-state index is 12.5. The van der Waals surface area contributed by atoms with Crippen LogP contribution < -0.4 is 0 Å². The molecule has 0 bridgehead atoms. The summed E-state index contributed by atoms with van der Waals surface area (Å²) in [7, 11) is -1.68. The standard InChI is InChI=1S/C12H17N2O5S/c1-5-19-12(15)13-20(4,17)11-7-6-10(8-9(11)2)14(16)18-3/h6-8H,5H2,1-4H3/q+1. The number of benzene rings is 1. The molecule has 0 radical (unpaired) electrons. The average Bonchev–Trinajstić information content (AvgIpc) is 2.36. The SMILES string of the molecule is CCOC(=O)N=S(C)(=O)c1ccc([N+](=O)OC)cc1C. The van der Waals surface area contributed by atoms with Gasteiger partial charge in [0, 0.05) is 18.4 Å². The molecule has 0 N–H and O–H groups in total. The van der Waals surface area contributed by atoms with Crippen LogP contribution in [-0.4, -0.2) is 35.2 Å². The zero-order valence-electron chi connectivity index (χ0n) is 11.8. The van der Waals surface area contributed by atoms with Crippen molar-refractivity contribution >= 4 is 21.5 Å². The third kappa shape index (κ3) is 3.77. The summed E-state index contributed by atoms with van der Waals surface area (Å²) < 4.78 is 20.7. The summed E-state index contributed by atoms with van der Waals surface area (Å²) in [6.07, 6.45) is 0.475. The Labute approximate surface area is 117 Å². The van der Waals surface area contributed by atoms with Crippen LogP contribution in [0.1, 0.15) is 12.5 Å². The molecule has 0 aromatic heterocycles. The van der Waals surface area contributed by atoms with Crippen molar-refractivity contribution in [1.82, 2.24) is 0 Å². The van der Waals surface area contributed by atoms with Gasteiger partial charge in [0.1, 0.15) is 0 Å². The Morgan fingerprint density at radius 1 is 1.45 bits per heavy atom. The minimum absolute atomic E-state index is 0.161. The number of aryl methyl sites for hydroxylation is 1. The van der Waals surface area contributed by atoms with E-state index in [0.717, 1.165) is 0 Å². The normalized spacial score (nSPS) is 13.2. The van der Waals surface area contributed by atoms with E-state index in [2.05, 4.69) is 13.9 Å². The van der Waals surface area contributed by atoms with Crippen molar-refractivity contribution in [2.24, 2.45) is 4.36 Å². The van der Waals surface area contributed by atoms with Gasteiger partial charge in [-0.1, -0.05) is 0 Å². The second kappa shape index (κ2) is 6.47. The van der Waals surface area contributed by atoms with Crippen LogP contribution in [-0.2, 0) is 19.3 Å². The maximum Gasteiger partial charge on any atom is 0.442 e. The van der Waals surface area contributed by atoms with Crippen molar-refractivity contribution in [3.05, 3.63) is 28.7 Å². The zero-order valence-corrected chi connectivity index (χ0v) is 12.6. The van der Waals surface area contributed by atoms with Crippen LogP contribution in [0.5, 0.6) is 0 Å². The number of rotatable bonds is 4. The van der Waals surface area contributed by atoms with Gasteiger partial charge in [-0.15, -0.1) is 4.36 Å². The molecule has 20 heavy (non-hydrogen) atoms. The molecule has 0 spiro atoms. The third-order valence-corrected chi connectivity index (χ3v) is 4.23. The highest BCUT2D eigenvalue weighted by Crippen LogP contribution is 2.22. The number of hydrogen-bond acceptors (Lipinski definition) is 5. The van der Waals surface area contributed by atoms with Gasteiger partial charge in [-0.3, -0.25) is 0 Å². The molecule has 1 rings (SSSR count). The molecule has 0 saturated carbocycles. The van der Waals surface area contributed by atoms with Crippen LogP contribution in [0.15, 0.2) is 27.5 Å². The minimum atomic E-state index is -2.92. The van der Waals surface area contributed by atoms with E-state index in [9.17, 15) is 13.9 Å². The summed E-state index contributed by atoms with van der Waals surface area (Å²) in [5.74, 6) is 0. The summed E-state index contributed by atoms with van der Waals surface area (Å²) in [6.45, 7) is 3.47. The Balaban J connectivity index is 3.24. The van der Waals surface area contributed by atoms with Gasteiger partial charge in [0.2, 0.25) is 0 Å². The highest BCUT2D eigenvalue weighted by Gasteiger charge is 2.19. The van der Waals surface area contributed by atoms with E-state index in [-0.39, 0.29) is 12.3 Å². The Morgan fingerprint density at radius 2 is 2.10 bits per heavy atom. The molecule has 0 heterocycles. The molecule has 1 aromatic rings. The molecule has 1 atom stereocenters. The molecule has 7 nitrogen and oxygen atoms in total. The molecule has 0 aliphatic carbocycles. The number of amides is 1. The number of carbonyl (C=O) groups excluding carboxylic acids is 1. The number of hydrogen-bond donors (Lipinski definition) is 0. The first-order valence-corrected chi connectivity index (χ1v) is 7.75. The Bertz CT molecular complexity index is 647. The highest BCUT2D eigenvalue weighted by atomic mass is 32.2. The highest BCUT2D eigenvalue weighted by molar-refractivity contribution is 7.93. The van der Waals surface area contributed by atoms with Gasteiger partial charge >= 0.3 is 11.8 Å². The second-order valence-corrected chi connectivity index (χ2v) is 6.21. The largest absolute Gasteiger partial charge is 0.448 e. The fourth-order valence-corrected chi connectivity index (χ4v) is 3.03. The molecular formula is C12H17N2O5S+. The number of ether oxygens (including phenoxy) is 1. The number of nitrogens with zero attached hydrogens (tertiary/aromatic N) is 2. The van der Waals surface area contributed by atoms with Crippen molar-refractivity contribution < 1.29 is 23.5 Å². The smallest absolute Gasteiger partial charge is 0.442 e. The Kier molecular flexibility index (Phi) is 5.20. The second-order valence-electron chi connectivity index (χ2n) is 3.98. The molecule has 0 saturated heterocycles. The van der Waals surface area contributed by atoms with Gasteiger partial charge in [-0.2, -0.15) is 0 Å². The van der Waals surface area contributed by atoms with Crippen LogP contribution in [0.2, 0.25) is 0 Å². The van der Waals surface area contributed by atoms with E-state index in [0.29, 0.717) is 15.4 Å². The van der Waals surface area contributed by atoms with E-state index in [4.69, 9.17) is 0 Å². The predicted octanol–water partition coefficient (Wildman–Crippen LogP) is 2.58. The third-order valence-electron chi connectivity index (χ3n) is 2.46. The monoisotopic (exact) mass is 301 g/mol. The first-order chi connectivity index (χ1) is 9.31. The van der Waals surface area contributed by atoms with Crippen LogP contribution in [0, 0.1) is 11.8 Å². The van der Waals surface area contributed by atoms with Crippen LogP contribution in [0.3, 0.4) is 0 Å². The molecule has 1 amide bonds. The number of carbonyl (C=O) groups is 1. The van der Waals surface area contributed by atoms with Gasteiger partial charge in [0.15, 0.2) is 7.11 Å². The first kappa shape index (κ1) is 16.1. The lowest BCUT2D eigenvalue weighted by Crippen LogP contribution is -2.07. The van der Waals surface area contributed by atoms with Gasteiger partial charge in [-0.25, -0.2) is 13.8 Å². The summed E-state index contributed by atoms with van der Waals surface area (Å²) >= 11 is 0. The summed E-state index contributed by atoms with van der Waals surface area (Å²) in [4.78, 5) is 27.9. The summed E-state index contributed by atoms with van der Waals surface area (Å²) in [5, 5.41) is 0. The summed E-state index contributed by atoms with van der Waals surface area (Å²) in [6, 6.07) is 4.44. The molecular weight excluding hydrogens is 284 g/mol.